The summed E-state index contributed by atoms with van der Waals surface area (Å²) in [5, 5.41) is 0.666. The minimum absolute atomic E-state index is 0.172. The number of ether oxygens (including phenoxy) is 2. The number of anilines is 1. The molecule has 1 saturated heterocycles. The molecule has 162 valence electrons. The first-order chi connectivity index (χ1) is 15.5. The van der Waals surface area contributed by atoms with Crippen LogP contribution in [0.5, 0.6) is 11.5 Å². The van der Waals surface area contributed by atoms with E-state index in [4.69, 9.17) is 33.3 Å². The van der Waals surface area contributed by atoms with E-state index in [0.29, 0.717) is 32.4 Å². The van der Waals surface area contributed by atoms with Gasteiger partial charge in [0.05, 0.1) is 17.7 Å². The summed E-state index contributed by atoms with van der Waals surface area (Å²) in [6.45, 7) is 0.332. The van der Waals surface area contributed by atoms with Crippen LogP contribution in [0.15, 0.2) is 76.1 Å². The lowest BCUT2D eigenvalue weighted by atomic mass is 10.1. The molecule has 1 amide bonds. The van der Waals surface area contributed by atoms with E-state index in [2.05, 4.69) is 15.9 Å². The van der Waals surface area contributed by atoms with Gasteiger partial charge in [0.15, 0.2) is 15.8 Å². The summed E-state index contributed by atoms with van der Waals surface area (Å²) < 4.78 is 13.0. The summed E-state index contributed by atoms with van der Waals surface area (Å²) in [4.78, 5) is 15.2. The molecule has 0 saturated carbocycles. The van der Waals surface area contributed by atoms with Crippen molar-refractivity contribution in [3.63, 3.8) is 0 Å². The van der Waals surface area contributed by atoms with Gasteiger partial charge in [0.1, 0.15) is 6.61 Å². The van der Waals surface area contributed by atoms with Crippen LogP contribution >= 0.6 is 51.5 Å². The Labute approximate surface area is 209 Å². The molecule has 3 aromatic rings. The minimum atomic E-state index is -0.172. The second-order valence-electron chi connectivity index (χ2n) is 6.79. The molecule has 4 rings (SSSR count). The molecule has 8 heteroatoms. The Bertz CT molecular complexity index is 1200. The van der Waals surface area contributed by atoms with Gasteiger partial charge in [-0.3, -0.25) is 9.69 Å². The smallest absolute Gasteiger partial charge is 0.270 e. The summed E-state index contributed by atoms with van der Waals surface area (Å²) in [6.07, 6.45) is 1.79. The highest BCUT2D eigenvalue weighted by Gasteiger charge is 2.33. The molecule has 32 heavy (non-hydrogen) atoms. The molecule has 0 N–H and O–H groups in total. The first-order valence-corrected chi connectivity index (χ1v) is 11.9. The molecule has 0 bridgehead atoms. The molecule has 3 aromatic carbocycles. The molecule has 1 aliphatic heterocycles. The third-order valence-electron chi connectivity index (χ3n) is 4.69. The van der Waals surface area contributed by atoms with Gasteiger partial charge in [-0.2, -0.15) is 0 Å². The molecule has 0 atom stereocenters. The van der Waals surface area contributed by atoms with Crippen LogP contribution in [0.1, 0.15) is 11.1 Å². The van der Waals surface area contributed by atoms with Crippen molar-refractivity contribution in [2.45, 2.75) is 6.61 Å². The van der Waals surface area contributed by atoms with Gasteiger partial charge in [-0.15, -0.1) is 0 Å². The van der Waals surface area contributed by atoms with Crippen LogP contribution in [0.4, 0.5) is 5.69 Å². The van der Waals surface area contributed by atoms with Crippen LogP contribution < -0.4 is 14.4 Å². The van der Waals surface area contributed by atoms with E-state index >= 15 is 0 Å². The number of hydrogen-bond donors (Lipinski definition) is 0. The Kier molecular flexibility index (Phi) is 7.20. The van der Waals surface area contributed by atoms with Gasteiger partial charge in [-0.1, -0.05) is 75.8 Å². The van der Waals surface area contributed by atoms with Crippen LogP contribution in [0.3, 0.4) is 0 Å². The lowest BCUT2D eigenvalue weighted by Gasteiger charge is -2.15. The fourth-order valence-electron chi connectivity index (χ4n) is 3.12. The topological polar surface area (TPSA) is 38.8 Å². The van der Waals surface area contributed by atoms with E-state index in [1.807, 2.05) is 66.7 Å². The van der Waals surface area contributed by atoms with E-state index in [1.165, 1.54) is 16.7 Å². The zero-order chi connectivity index (χ0) is 22.7. The van der Waals surface area contributed by atoms with Gasteiger partial charge in [0.25, 0.3) is 5.91 Å². The quantitative estimate of drug-likeness (QED) is 0.244. The van der Waals surface area contributed by atoms with Crippen molar-refractivity contribution >= 4 is 73.5 Å². The number of carbonyl (C=O) groups is 1. The van der Waals surface area contributed by atoms with E-state index < -0.39 is 0 Å². The largest absolute Gasteiger partial charge is 0.493 e. The third-order valence-corrected chi connectivity index (χ3v) is 6.77. The standard InChI is InChI=1S/C24H17BrClNO3S2/c1-29-20-4-2-3-16(22(20)30-14-15-5-9-18(26)10-6-15)13-21-23(28)27(24(31)32-21)19-11-7-17(25)8-12-19/h2-13H,14H2,1H3/b21-13+. The lowest BCUT2D eigenvalue weighted by Crippen LogP contribution is -2.27. The number of halogens is 2. The Balaban J connectivity index is 1.63. The third kappa shape index (κ3) is 5.02. The van der Waals surface area contributed by atoms with Crippen molar-refractivity contribution in [3.05, 3.63) is 92.3 Å². The second kappa shape index (κ2) is 10.1. The number of benzene rings is 3. The monoisotopic (exact) mass is 545 g/mol. The maximum absolute atomic E-state index is 13.1. The number of methoxy groups -OCH3 is 1. The van der Waals surface area contributed by atoms with Crippen molar-refractivity contribution in [2.24, 2.45) is 0 Å². The number of amides is 1. The fraction of sp³-hybridized carbons (Fsp3) is 0.0833. The molecule has 1 aliphatic rings. The summed E-state index contributed by atoms with van der Waals surface area (Å²) in [5.41, 5.74) is 2.42. The zero-order valence-electron chi connectivity index (χ0n) is 16.9. The lowest BCUT2D eigenvalue weighted by molar-refractivity contribution is -0.113. The fourth-order valence-corrected chi connectivity index (χ4v) is 4.80. The van der Waals surface area contributed by atoms with Crippen LogP contribution in [-0.4, -0.2) is 17.3 Å². The Hall–Kier alpha value is -2.32. The average Bonchev–Trinajstić information content (AvgIpc) is 3.07. The highest BCUT2D eigenvalue weighted by molar-refractivity contribution is 9.10. The highest BCUT2D eigenvalue weighted by atomic mass is 79.9. The number of rotatable bonds is 6. The van der Waals surface area contributed by atoms with Crippen molar-refractivity contribution in [2.75, 3.05) is 12.0 Å². The van der Waals surface area contributed by atoms with Gasteiger partial charge in [-0.25, -0.2) is 0 Å². The molecule has 1 fully saturated rings. The van der Waals surface area contributed by atoms with E-state index in [-0.39, 0.29) is 5.91 Å². The van der Waals surface area contributed by atoms with Gasteiger partial charge in [0.2, 0.25) is 0 Å². The first kappa shape index (κ1) is 22.9. The summed E-state index contributed by atoms with van der Waals surface area (Å²) >= 11 is 16.1. The second-order valence-corrected chi connectivity index (χ2v) is 9.82. The van der Waals surface area contributed by atoms with Crippen LogP contribution in [0, 0.1) is 0 Å². The molecular formula is C24H17BrClNO3S2. The van der Waals surface area contributed by atoms with Gasteiger partial charge >= 0.3 is 0 Å². The number of nitrogens with zero attached hydrogens (tertiary/aromatic N) is 1. The molecular weight excluding hydrogens is 530 g/mol. The van der Waals surface area contributed by atoms with Crippen molar-refractivity contribution < 1.29 is 14.3 Å². The summed E-state index contributed by atoms with van der Waals surface area (Å²) in [7, 11) is 1.58. The van der Waals surface area contributed by atoms with Gasteiger partial charge in [-0.05, 0) is 54.1 Å². The molecule has 0 unspecified atom stereocenters. The number of carbonyl (C=O) groups excluding carboxylic acids is 1. The average molecular weight is 547 g/mol. The Morgan fingerprint density at radius 3 is 2.50 bits per heavy atom. The van der Waals surface area contributed by atoms with Crippen molar-refractivity contribution in [3.8, 4) is 11.5 Å². The number of thiocarbonyl (C=S) groups is 1. The molecule has 0 spiro atoms. The van der Waals surface area contributed by atoms with Gasteiger partial charge < -0.3 is 9.47 Å². The zero-order valence-corrected chi connectivity index (χ0v) is 20.9. The van der Waals surface area contributed by atoms with Crippen LogP contribution in [-0.2, 0) is 11.4 Å². The van der Waals surface area contributed by atoms with E-state index in [1.54, 1.807) is 13.2 Å². The SMILES string of the molecule is COc1cccc(/C=C2/SC(=S)N(c3ccc(Br)cc3)C2=O)c1OCc1ccc(Cl)cc1. The number of thioether (sulfide) groups is 1. The summed E-state index contributed by atoms with van der Waals surface area (Å²) in [6, 6.07) is 20.5. The Morgan fingerprint density at radius 2 is 1.81 bits per heavy atom. The molecule has 0 aromatic heterocycles. The number of para-hydroxylation sites is 1. The molecule has 0 aliphatic carbocycles. The van der Waals surface area contributed by atoms with Crippen LogP contribution in [0.2, 0.25) is 5.02 Å². The van der Waals surface area contributed by atoms with Crippen LogP contribution in [0.25, 0.3) is 6.08 Å². The normalized spacial score (nSPS) is 14.8. The number of hydrogen-bond acceptors (Lipinski definition) is 5. The van der Waals surface area contributed by atoms with Crippen molar-refractivity contribution in [1.82, 2.24) is 0 Å². The predicted molar refractivity (Wildman–Crippen MR) is 139 cm³/mol. The maximum Gasteiger partial charge on any atom is 0.270 e. The molecule has 0 radical (unpaired) electrons. The predicted octanol–water partition coefficient (Wildman–Crippen LogP) is 7.10. The summed E-state index contributed by atoms with van der Waals surface area (Å²) in [5.74, 6) is 0.962. The maximum atomic E-state index is 13.1. The van der Waals surface area contributed by atoms with Crippen molar-refractivity contribution in [1.29, 1.82) is 0 Å². The Morgan fingerprint density at radius 1 is 1.09 bits per heavy atom. The first-order valence-electron chi connectivity index (χ1n) is 9.54. The van der Waals surface area contributed by atoms with E-state index in [9.17, 15) is 4.79 Å². The molecule has 4 nitrogen and oxygen atoms in total. The highest BCUT2D eigenvalue weighted by Crippen LogP contribution is 2.39. The minimum Gasteiger partial charge on any atom is -0.493 e. The molecule has 1 heterocycles. The van der Waals surface area contributed by atoms with Gasteiger partial charge in [0, 0.05) is 15.1 Å². The van der Waals surface area contributed by atoms with E-state index in [0.717, 1.165) is 21.3 Å².